The summed E-state index contributed by atoms with van der Waals surface area (Å²) in [6.07, 6.45) is 4.78. The number of anilines is 1. The van der Waals surface area contributed by atoms with E-state index in [-0.39, 0.29) is 0 Å². The molecule has 1 aliphatic rings. The Bertz CT molecular complexity index is 564. The molecule has 18 heavy (non-hydrogen) atoms. The first-order valence-electron chi connectivity index (χ1n) is 6.09. The largest absolute Gasteiger partial charge is 0.344 e. The van der Waals surface area contributed by atoms with Crippen LogP contribution in [0, 0.1) is 0 Å². The van der Waals surface area contributed by atoms with Crippen LogP contribution < -0.4 is 4.90 Å². The van der Waals surface area contributed by atoms with Gasteiger partial charge in [-0.05, 0) is 24.0 Å². The van der Waals surface area contributed by atoms with Crippen molar-refractivity contribution in [3.8, 4) is 0 Å². The molecular formula is C14H14N2OS. The van der Waals surface area contributed by atoms with Gasteiger partial charge in [-0.25, -0.2) is 4.98 Å². The summed E-state index contributed by atoms with van der Waals surface area (Å²) in [5.41, 5.74) is 2.81. The van der Waals surface area contributed by atoms with Crippen LogP contribution in [0.15, 0.2) is 30.5 Å². The van der Waals surface area contributed by atoms with Gasteiger partial charge in [-0.15, -0.1) is 0 Å². The first-order chi connectivity index (χ1) is 8.86. The van der Waals surface area contributed by atoms with Crippen LogP contribution in [0.3, 0.4) is 0 Å². The summed E-state index contributed by atoms with van der Waals surface area (Å²) >= 11 is 1.47. The molecule has 0 atom stereocenters. The van der Waals surface area contributed by atoms with E-state index < -0.39 is 0 Å². The predicted octanol–water partition coefficient (Wildman–Crippen LogP) is 2.91. The number of aromatic nitrogens is 1. The van der Waals surface area contributed by atoms with Crippen molar-refractivity contribution in [1.29, 1.82) is 0 Å². The number of hydrogen-bond donors (Lipinski definition) is 0. The Balaban J connectivity index is 1.88. The van der Waals surface area contributed by atoms with Gasteiger partial charge in [0.05, 0.1) is 11.1 Å². The Morgan fingerprint density at radius 1 is 1.28 bits per heavy atom. The molecule has 3 rings (SSSR count). The van der Waals surface area contributed by atoms with Gasteiger partial charge in [0.2, 0.25) is 0 Å². The average Bonchev–Trinajstić information content (AvgIpc) is 2.78. The summed E-state index contributed by atoms with van der Waals surface area (Å²) in [7, 11) is 0. The number of hydrogen-bond acceptors (Lipinski definition) is 4. The molecule has 0 radical (unpaired) electrons. The lowest BCUT2D eigenvalue weighted by Gasteiger charge is -2.19. The summed E-state index contributed by atoms with van der Waals surface area (Å²) in [5.74, 6) is 0. The molecule has 2 heterocycles. The number of rotatable bonds is 2. The quantitative estimate of drug-likeness (QED) is 0.777. The molecule has 1 aromatic carbocycles. The van der Waals surface area contributed by atoms with Crippen LogP contribution in [0.5, 0.6) is 0 Å². The molecule has 0 aliphatic carbocycles. The van der Waals surface area contributed by atoms with Crippen molar-refractivity contribution in [2.75, 3.05) is 11.4 Å². The standard InChI is InChI=1S/C14H14N2OS/c17-10-13-8-15-14(18-13)16-7-3-6-11-4-1-2-5-12(11)9-16/h1-2,4-5,8,10H,3,6-7,9H2. The fourth-order valence-corrected chi connectivity index (χ4v) is 3.10. The van der Waals surface area contributed by atoms with Crippen LogP contribution in [-0.2, 0) is 13.0 Å². The minimum Gasteiger partial charge on any atom is -0.344 e. The van der Waals surface area contributed by atoms with Gasteiger partial charge >= 0.3 is 0 Å². The summed E-state index contributed by atoms with van der Waals surface area (Å²) in [6.45, 7) is 1.89. The predicted molar refractivity (Wildman–Crippen MR) is 73.3 cm³/mol. The number of carbonyl (C=O) groups excluding carboxylic acids is 1. The lowest BCUT2D eigenvalue weighted by molar-refractivity contribution is 0.112. The van der Waals surface area contributed by atoms with Gasteiger partial charge in [0.15, 0.2) is 11.4 Å². The van der Waals surface area contributed by atoms with E-state index in [1.807, 2.05) is 0 Å². The molecule has 3 nitrogen and oxygen atoms in total. The fourth-order valence-electron chi connectivity index (χ4n) is 2.34. The number of thiazole rings is 1. The second-order valence-electron chi connectivity index (χ2n) is 4.46. The van der Waals surface area contributed by atoms with Crippen molar-refractivity contribution in [2.24, 2.45) is 0 Å². The van der Waals surface area contributed by atoms with Crippen LogP contribution in [0.4, 0.5) is 5.13 Å². The first-order valence-corrected chi connectivity index (χ1v) is 6.91. The summed E-state index contributed by atoms with van der Waals surface area (Å²) < 4.78 is 0. The van der Waals surface area contributed by atoms with Gasteiger partial charge in [0.25, 0.3) is 0 Å². The highest BCUT2D eigenvalue weighted by Gasteiger charge is 2.16. The third-order valence-corrected chi connectivity index (χ3v) is 4.24. The zero-order valence-electron chi connectivity index (χ0n) is 10.0. The van der Waals surface area contributed by atoms with E-state index in [4.69, 9.17) is 0 Å². The highest BCUT2D eigenvalue weighted by Crippen LogP contribution is 2.26. The summed E-state index contributed by atoms with van der Waals surface area (Å²) in [5, 5.41) is 0.953. The molecule has 2 aromatic rings. The Morgan fingerprint density at radius 2 is 2.11 bits per heavy atom. The van der Waals surface area contributed by atoms with Crippen LogP contribution in [-0.4, -0.2) is 17.8 Å². The molecule has 92 valence electrons. The van der Waals surface area contributed by atoms with E-state index in [0.29, 0.717) is 4.88 Å². The molecule has 0 saturated carbocycles. The second-order valence-corrected chi connectivity index (χ2v) is 5.50. The number of aryl methyl sites for hydroxylation is 1. The van der Waals surface area contributed by atoms with Crippen molar-refractivity contribution in [1.82, 2.24) is 4.98 Å². The fraction of sp³-hybridized carbons (Fsp3) is 0.286. The van der Waals surface area contributed by atoms with Crippen molar-refractivity contribution in [3.63, 3.8) is 0 Å². The number of carbonyl (C=O) groups is 1. The highest BCUT2D eigenvalue weighted by molar-refractivity contribution is 7.17. The lowest BCUT2D eigenvalue weighted by Crippen LogP contribution is -2.22. The normalized spacial score (nSPS) is 15.0. The minimum absolute atomic E-state index is 0.697. The Hall–Kier alpha value is -1.68. The zero-order chi connectivity index (χ0) is 12.4. The molecular weight excluding hydrogens is 244 g/mol. The maximum atomic E-state index is 10.7. The van der Waals surface area contributed by atoms with Gasteiger partial charge in [0.1, 0.15) is 0 Å². The van der Waals surface area contributed by atoms with Crippen molar-refractivity contribution in [3.05, 3.63) is 46.5 Å². The first kappa shape index (κ1) is 11.4. The van der Waals surface area contributed by atoms with E-state index in [9.17, 15) is 4.79 Å². The van der Waals surface area contributed by atoms with Crippen LogP contribution in [0.2, 0.25) is 0 Å². The third kappa shape index (κ3) is 2.16. The maximum Gasteiger partial charge on any atom is 0.186 e. The SMILES string of the molecule is O=Cc1cnc(N2CCCc3ccccc3C2)s1. The van der Waals surface area contributed by atoms with Gasteiger partial charge in [-0.3, -0.25) is 4.79 Å². The minimum atomic E-state index is 0.697. The van der Waals surface area contributed by atoms with Gasteiger partial charge in [0, 0.05) is 13.1 Å². The Labute approximate surface area is 110 Å². The number of fused-ring (bicyclic) bond motifs is 1. The van der Waals surface area contributed by atoms with Crippen molar-refractivity contribution < 1.29 is 4.79 Å². The topological polar surface area (TPSA) is 33.2 Å². The third-order valence-electron chi connectivity index (χ3n) is 3.25. The van der Waals surface area contributed by atoms with Crippen LogP contribution >= 0.6 is 11.3 Å². The Kier molecular flexibility index (Phi) is 3.11. The van der Waals surface area contributed by atoms with E-state index in [2.05, 4.69) is 34.1 Å². The molecule has 0 N–H and O–H groups in total. The molecule has 0 unspecified atom stereocenters. The van der Waals surface area contributed by atoms with Gasteiger partial charge < -0.3 is 4.90 Å². The molecule has 0 spiro atoms. The average molecular weight is 258 g/mol. The van der Waals surface area contributed by atoms with Crippen molar-refractivity contribution in [2.45, 2.75) is 19.4 Å². The zero-order valence-corrected chi connectivity index (χ0v) is 10.8. The smallest absolute Gasteiger partial charge is 0.186 e. The Morgan fingerprint density at radius 3 is 2.89 bits per heavy atom. The molecule has 4 heteroatoms. The molecule has 0 bridgehead atoms. The summed E-state index contributed by atoms with van der Waals surface area (Å²) in [4.78, 5) is 18.0. The molecule has 0 amide bonds. The van der Waals surface area contributed by atoms with E-state index in [1.165, 1.54) is 22.5 Å². The van der Waals surface area contributed by atoms with Crippen molar-refractivity contribution >= 4 is 22.8 Å². The second kappa shape index (κ2) is 4.90. The molecule has 0 fully saturated rings. The number of benzene rings is 1. The molecule has 1 aliphatic heterocycles. The summed E-state index contributed by atoms with van der Waals surface area (Å²) in [6, 6.07) is 8.57. The van der Waals surface area contributed by atoms with E-state index in [1.54, 1.807) is 6.20 Å². The van der Waals surface area contributed by atoms with E-state index in [0.717, 1.165) is 37.3 Å². The van der Waals surface area contributed by atoms with Gasteiger partial charge in [-0.2, -0.15) is 0 Å². The van der Waals surface area contributed by atoms with Crippen LogP contribution in [0.1, 0.15) is 27.2 Å². The molecule has 0 saturated heterocycles. The lowest BCUT2D eigenvalue weighted by atomic mass is 10.0. The number of nitrogens with zero attached hydrogens (tertiary/aromatic N) is 2. The van der Waals surface area contributed by atoms with E-state index >= 15 is 0 Å². The number of aldehydes is 1. The van der Waals surface area contributed by atoms with Gasteiger partial charge in [-0.1, -0.05) is 35.6 Å². The highest BCUT2D eigenvalue weighted by atomic mass is 32.1. The van der Waals surface area contributed by atoms with Crippen LogP contribution in [0.25, 0.3) is 0 Å². The molecule has 1 aromatic heterocycles. The maximum absolute atomic E-state index is 10.7. The monoisotopic (exact) mass is 258 g/mol.